The van der Waals surface area contributed by atoms with Gasteiger partial charge < -0.3 is 14.5 Å². The molecular weight excluding hydrogens is 350 g/mol. The summed E-state index contributed by atoms with van der Waals surface area (Å²) >= 11 is 0. The summed E-state index contributed by atoms with van der Waals surface area (Å²) in [5, 5.41) is 0. The average Bonchev–Trinajstić information content (AvgIpc) is 2.73. The number of methoxy groups -OCH3 is 1. The molecule has 2 aromatic rings. The Morgan fingerprint density at radius 2 is 1.64 bits per heavy atom. The first kappa shape index (κ1) is 20.4. The molecule has 1 fully saturated rings. The number of amides is 1. The topological polar surface area (TPSA) is 36.0 Å². The monoisotopic (exact) mass is 381 g/mol. The highest BCUT2D eigenvalue weighted by Crippen LogP contribution is 2.14. The SMILES string of the molecule is COc1ccc(CCN2CCN(Cc3cccc(C(=O)N(C)C)c3)CC2)cc1. The fourth-order valence-electron chi connectivity index (χ4n) is 3.57. The Morgan fingerprint density at radius 3 is 2.29 bits per heavy atom. The van der Waals surface area contributed by atoms with E-state index in [1.54, 1.807) is 26.1 Å². The predicted octanol–water partition coefficient (Wildman–Crippen LogP) is 2.76. The molecule has 28 heavy (non-hydrogen) atoms. The molecule has 0 aliphatic carbocycles. The van der Waals surface area contributed by atoms with Crippen molar-refractivity contribution in [3.05, 3.63) is 65.2 Å². The van der Waals surface area contributed by atoms with Crippen LogP contribution >= 0.6 is 0 Å². The van der Waals surface area contributed by atoms with E-state index in [4.69, 9.17) is 4.74 Å². The van der Waals surface area contributed by atoms with E-state index in [1.165, 1.54) is 11.1 Å². The minimum atomic E-state index is 0.0604. The fourth-order valence-corrected chi connectivity index (χ4v) is 3.57. The van der Waals surface area contributed by atoms with E-state index < -0.39 is 0 Å². The molecule has 1 heterocycles. The van der Waals surface area contributed by atoms with Crippen molar-refractivity contribution in [3.63, 3.8) is 0 Å². The van der Waals surface area contributed by atoms with Crippen LogP contribution < -0.4 is 4.74 Å². The molecule has 1 aliphatic rings. The Labute approximate surface area is 168 Å². The number of ether oxygens (including phenoxy) is 1. The second-order valence-electron chi connectivity index (χ2n) is 7.62. The molecule has 5 nitrogen and oxygen atoms in total. The van der Waals surface area contributed by atoms with Gasteiger partial charge in [0.2, 0.25) is 0 Å². The summed E-state index contributed by atoms with van der Waals surface area (Å²) < 4.78 is 5.22. The first-order valence-electron chi connectivity index (χ1n) is 9.93. The van der Waals surface area contributed by atoms with Gasteiger partial charge in [-0.05, 0) is 41.8 Å². The molecule has 0 N–H and O–H groups in total. The number of carbonyl (C=O) groups excluding carboxylic acids is 1. The molecule has 0 atom stereocenters. The maximum atomic E-state index is 12.2. The Morgan fingerprint density at radius 1 is 0.964 bits per heavy atom. The minimum Gasteiger partial charge on any atom is -0.497 e. The zero-order valence-electron chi connectivity index (χ0n) is 17.2. The fraction of sp³-hybridized carbons (Fsp3) is 0.435. The summed E-state index contributed by atoms with van der Waals surface area (Å²) in [6.45, 7) is 6.30. The van der Waals surface area contributed by atoms with Crippen LogP contribution in [0.3, 0.4) is 0 Å². The molecule has 1 aliphatic heterocycles. The molecule has 0 radical (unpaired) electrons. The van der Waals surface area contributed by atoms with Crippen molar-refractivity contribution in [2.24, 2.45) is 0 Å². The molecule has 0 spiro atoms. The summed E-state index contributed by atoms with van der Waals surface area (Å²) in [4.78, 5) is 18.8. The summed E-state index contributed by atoms with van der Waals surface area (Å²) in [6.07, 6.45) is 1.07. The highest BCUT2D eigenvalue weighted by Gasteiger charge is 2.17. The van der Waals surface area contributed by atoms with Crippen LogP contribution in [-0.2, 0) is 13.0 Å². The number of nitrogens with zero attached hydrogens (tertiary/aromatic N) is 3. The van der Waals surface area contributed by atoms with E-state index in [-0.39, 0.29) is 5.91 Å². The van der Waals surface area contributed by atoms with Gasteiger partial charge in [0.25, 0.3) is 5.91 Å². The standard InChI is InChI=1S/C23H31N3O2/c1-24(2)23(27)21-6-4-5-20(17-21)18-26-15-13-25(14-16-26)12-11-19-7-9-22(28-3)10-8-19/h4-10,17H,11-16,18H2,1-3H3. The van der Waals surface area contributed by atoms with Gasteiger partial charge in [-0.1, -0.05) is 24.3 Å². The lowest BCUT2D eigenvalue weighted by Crippen LogP contribution is -2.46. The molecule has 3 rings (SSSR count). The van der Waals surface area contributed by atoms with E-state index in [0.717, 1.165) is 57.0 Å². The van der Waals surface area contributed by atoms with Crippen LogP contribution in [0.2, 0.25) is 0 Å². The van der Waals surface area contributed by atoms with Crippen LogP contribution in [0, 0.1) is 0 Å². The lowest BCUT2D eigenvalue weighted by molar-refractivity contribution is 0.0827. The van der Waals surface area contributed by atoms with Crippen molar-refractivity contribution >= 4 is 5.91 Å². The molecular formula is C23H31N3O2. The molecule has 1 saturated heterocycles. The van der Waals surface area contributed by atoms with E-state index in [1.807, 2.05) is 30.3 Å². The Hall–Kier alpha value is -2.37. The van der Waals surface area contributed by atoms with Crippen molar-refractivity contribution in [1.82, 2.24) is 14.7 Å². The number of rotatable bonds is 7. The summed E-state index contributed by atoms with van der Waals surface area (Å²) in [5.74, 6) is 0.971. The Balaban J connectivity index is 1.45. The highest BCUT2D eigenvalue weighted by atomic mass is 16.5. The van der Waals surface area contributed by atoms with Crippen molar-refractivity contribution in [2.45, 2.75) is 13.0 Å². The van der Waals surface area contributed by atoms with Crippen LogP contribution in [0.4, 0.5) is 0 Å². The first-order valence-corrected chi connectivity index (χ1v) is 9.93. The Bertz CT molecular complexity index is 766. The number of piperazine rings is 1. The molecule has 0 saturated carbocycles. The van der Waals surface area contributed by atoms with Gasteiger partial charge in [0.05, 0.1) is 7.11 Å². The molecule has 150 valence electrons. The Kier molecular flexibility index (Phi) is 7.06. The van der Waals surface area contributed by atoms with E-state index in [2.05, 4.69) is 28.0 Å². The predicted molar refractivity (Wildman–Crippen MR) is 113 cm³/mol. The van der Waals surface area contributed by atoms with Crippen LogP contribution in [0.1, 0.15) is 21.5 Å². The van der Waals surface area contributed by atoms with E-state index >= 15 is 0 Å². The van der Waals surface area contributed by atoms with E-state index in [0.29, 0.717) is 0 Å². The number of hydrogen-bond acceptors (Lipinski definition) is 4. The molecule has 2 aromatic carbocycles. The van der Waals surface area contributed by atoms with Gasteiger partial charge >= 0.3 is 0 Å². The van der Waals surface area contributed by atoms with Crippen molar-refractivity contribution < 1.29 is 9.53 Å². The van der Waals surface area contributed by atoms with Crippen molar-refractivity contribution in [3.8, 4) is 5.75 Å². The smallest absolute Gasteiger partial charge is 0.253 e. The third-order valence-corrected chi connectivity index (χ3v) is 5.33. The zero-order valence-corrected chi connectivity index (χ0v) is 17.2. The summed E-state index contributed by atoms with van der Waals surface area (Å²) in [7, 11) is 5.28. The molecule has 5 heteroatoms. The molecule has 1 amide bonds. The normalized spacial score (nSPS) is 15.4. The van der Waals surface area contributed by atoms with Gasteiger partial charge in [0, 0.05) is 58.9 Å². The minimum absolute atomic E-state index is 0.0604. The second kappa shape index (κ2) is 9.71. The van der Waals surface area contributed by atoms with Crippen molar-refractivity contribution in [1.29, 1.82) is 0 Å². The van der Waals surface area contributed by atoms with Gasteiger partial charge in [-0.25, -0.2) is 0 Å². The van der Waals surface area contributed by atoms with Crippen LogP contribution in [0.15, 0.2) is 48.5 Å². The molecule has 0 unspecified atom stereocenters. The largest absolute Gasteiger partial charge is 0.497 e. The third kappa shape index (κ3) is 5.57. The van der Waals surface area contributed by atoms with Crippen LogP contribution in [-0.4, -0.2) is 74.5 Å². The lowest BCUT2D eigenvalue weighted by Gasteiger charge is -2.34. The van der Waals surface area contributed by atoms with Gasteiger partial charge in [0.15, 0.2) is 0 Å². The van der Waals surface area contributed by atoms with Gasteiger partial charge in [-0.15, -0.1) is 0 Å². The van der Waals surface area contributed by atoms with Gasteiger partial charge in [-0.2, -0.15) is 0 Å². The van der Waals surface area contributed by atoms with Gasteiger partial charge in [0.1, 0.15) is 5.75 Å². The number of carbonyl (C=O) groups is 1. The zero-order chi connectivity index (χ0) is 19.9. The van der Waals surface area contributed by atoms with Crippen molar-refractivity contribution in [2.75, 3.05) is 53.9 Å². The lowest BCUT2D eigenvalue weighted by atomic mass is 10.1. The second-order valence-corrected chi connectivity index (χ2v) is 7.62. The van der Waals surface area contributed by atoms with E-state index in [9.17, 15) is 4.79 Å². The molecule has 0 bridgehead atoms. The summed E-state index contributed by atoms with van der Waals surface area (Å²) in [5.41, 5.74) is 3.32. The maximum absolute atomic E-state index is 12.2. The van der Waals surface area contributed by atoms with Gasteiger partial charge in [-0.3, -0.25) is 9.69 Å². The van der Waals surface area contributed by atoms with Crippen LogP contribution in [0.5, 0.6) is 5.75 Å². The maximum Gasteiger partial charge on any atom is 0.253 e. The average molecular weight is 382 g/mol. The third-order valence-electron chi connectivity index (χ3n) is 5.33. The first-order chi connectivity index (χ1) is 13.5. The van der Waals surface area contributed by atoms with Crippen LogP contribution in [0.25, 0.3) is 0 Å². The molecule has 0 aromatic heterocycles. The summed E-state index contributed by atoms with van der Waals surface area (Å²) in [6, 6.07) is 16.4. The quantitative estimate of drug-likeness (QED) is 0.739. The number of benzene rings is 2. The number of hydrogen-bond donors (Lipinski definition) is 0. The highest BCUT2D eigenvalue weighted by molar-refractivity contribution is 5.94.